The van der Waals surface area contributed by atoms with Crippen LogP contribution in [0.25, 0.3) is 11.2 Å². The average molecular weight is 634 g/mol. The summed E-state index contributed by atoms with van der Waals surface area (Å²) in [5, 5.41) is 24.5. The van der Waals surface area contributed by atoms with E-state index in [0.29, 0.717) is 46.4 Å². The Morgan fingerprint density at radius 1 is 1.13 bits per heavy atom. The number of aliphatic hydroxyl groups is 2. The van der Waals surface area contributed by atoms with E-state index < -0.39 is 43.0 Å². The monoisotopic (exact) mass is 633 g/mol. The molecule has 1 amide bonds. The van der Waals surface area contributed by atoms with Crippen molar-refractivity contribution in [2.75, 3.05) is 46.4 Å². The van der Waals surface area contributed by atoms with Crippen molar-refractivity contribution in [1.29, 1.82) is 0 Å². The van der Waals surface area contributed by atoms with Crippen LogP contribution >= 0.6 is 0 Å². The molecule has 1 aliphatic rings. The summed E-state index contributed by atoms with van der Waals surface area (Å²) in [6.45, 7) is 1.93. The van der Waals surface area contributed by atoms with Gasteiger partial charge in [-0.1, -0.05) is 12.1 Å². The number of nitrogens with zero attached hydrogens (tertiary/aromatic N) is 6. The lowest BCUT2D eigenvalue weighted by molar-refractivity contribution is -0.124. The van der Waals surface area contributed by atoms with Gasteiger partial charge in [-0.05, 0) is 48.4 Å². The topological polar surface area (TPSA) is 166 Å². The van der Waals surface area contributed by atoms with Crippen molar-refractivity contribution in [2.45, 2.75) is 43.9 Å². The number of carbonyl (C=O) groups is 1. The molecule has 0 spiro atoms. The maximum atomic E-state index is 13.9. The van der Waals surface area contributed by atoms with Gasteiger partial charge in [0.2, 0.25) is 5.91 Å². The summed E-state index contributed by atoms with van der Waals surface area (Å²) in [7, 11) is 6.82. The molecule has 1 aliphatic heterocycles. The summed E-state index contributed by atoms with van der Waals surface area (Å²) in [6, 6.07) is 10.9. The maximum absolute atomic E-state index is 13.9. The average Bonchev–Trinajstić information content (AvgIpc) is 3.63. The Bertz CT molecular complexity index is 1660. The first-order chi connectivity index (χ1) is 22.3. The molecule has 0 saturated carbocycles. The van der Waals surface area contributed by atoms with Gasteiger partial charge in [0.15, 0.2) is 34.7 Å². The summed E-state index contributed by atoms with van der Waals surface area (Å²) in [4.78, 5) is 33.4. The number of aromatic nitrogens is 4. The van der Waals surface area contributed by atoms with Crippen molar-refractivity contribution in [3.05, 3.63) is 66.2 Å². The summed E-state index contributed by atoms with van der Waals surface area (Å²) in [6.07, 6.45) is 1.64. The van der Waals surface area contributed by atoms with Crippen LogP contribution in [0.2, 0.25) is 0 Å². The summed E-state index contributed by atoms with van der Waals surface area (Å²) in [5.74, 6) is 1.98. The zero-order valence-electron chi connectivity index (χ0n) is 26.4. The molecule has 1 saturated heterocycles. The number of benzene rings is 2. The molecule has 3 N–H and O–H groups in total. The molecule has 2 aromatic carbocycles. The number of amides is 1. The Morgan fingerprint density at radius 3 is 2.59 bits per heavy atom. The predicted molar refractivity (Wildman–Crippen MR) is 171 cm³/mol. The Hall–Kier alpha value is -4.79. The van der Waals surface area contributed by atoms with Gasteiger partial charge in [-0.25, -0.2) is 15.0 Å². The van der Waals surface area contributed by atoms with Gasteiger partial charge >= 0.3 is 0 Å². The SMILES string of the molecule is CCOc1ccc(C=NC(Cc2ccc(OC)cc2)C(=O)NC2[C@@H](O)[C@H](n3cnc4c(N(C)C)ncnc43)O[C@@H]2CO)cc1OC. The first-order valence-corrected chi connectivity index (χ1v) is 14.8. The van der Waals surface area contributed by atoms with Crippen molar-refractivity contribution < 1.29 is 34.0 Å². The van der Waals surface area contributed by atoms with Crippen LogP contribution in [0.4, 0.5) is 5.82 Å². The molecule has 0 bridgehead atoms. The van der Waals surface area contributed by atoms with E-state index in [0.717, 1.165) is 5.56 Å². The van der Waals surface area contributed by atoms with Crippen molar-refractivity contribution in [3.8, 4) is 17.2 Å². The van der Waals surface area contributed by atoms with E-state index >= 15 is 0 Å². The fourth-order valence-corrected chi connectivity index (χ4v) is 5.33. The van der Waals surface area contributed by atoms with Gasteiger partial charge in [-0.2, -0.15) is 0 Å². The van der Waals surface area contributed by atoms with Gasteiger partial charge in [-0.3, -0.25) is 14.4 Å². The molecule has 5 atom stereocenters. The van der Waals surface area contributed by atoms with E-state index in [4.69, 9.17) is 18.9 Å². The number of anilines is 1. The second kappa shape index (κ2) is 14.5. The lowest BCUT2D eigenvalue weighted by Gasteiger charge is -2.23. The number of aliphatic imine (C=N–C) groups is 1. The third-order valence-corrected chi connectivity index (χ3v) is 7.68. The molecule has 1 fully saturated rings. The van der Waals surface area contributed by atoms with E-state index in [2.05, 4.69) is 25.3 Å². The minimum Gasteiger partial charge on any atom is -0.497 e. The number of imidazole rings is 1. The smallest absolute Gasteiger partial charge is 0.245 e. The first kappa shape index (κ1) is 32.6. The fourth-order valence-electron chi connectivity index (χ4n) is 5.33. The van der Waals surface area contributed by atoms with E-state index in [1.54, 1.807) is 42.0 Å². The normalized spacial score (nSPS) is 20.2. The van der Waals surface area contributed by atoms with Gasteiger partial charge in [0.1, 0.15) is 30.3 Å². The number of methoxy groups -OCH3 is 2. The van der Waals surface area contributed by atoms with Gasteiger partial charge in [0, 0.05) is 26.7 Å². The highest BCUT2D eigenvalue weighted by atomic mass is 16.5. The van der Waals surface area contributed by atoms with Crippen molar-refractivity contribution >= 4 is 29.1 Å². The number of rotatable bonds is 13. The van der Waals surface area contributed by atoms with Crippen LogP contribution in [0.5, 0.6) is 17.2 Å². The Labute approximate surface area is 266 Å². The van der Waals surface area contributed by atoms with E-state index in [9.17, 15) is 15.0 Å². The molecule has 46 heavy (non-hydrogen) atoms. The van der Waals surface area contributed by atoms with E-state index in [1.807, 2.05) is 51.4 Å². The molecular weight excluding hydrogens is 594 g/mol. The molecule has 14 heteroatoms. The van der Waals surface area contributed by atoms with E-state index in [1.165, 1.54) is 12.7 Å². The van der Waals surface area contributed by atoms with Crippen molar-refractivity contribution in [3.63, 3.8) is 0 Å². The van der Waals surface area contributed by atoms with Crippen LogP contribution in [0.3, 0.4) is 0 Å². The summed E-state index contributed by atoms with van der Waals surface area (Å²) < 4.78 is 24.0. The van der Waals surface area contributed by atoms with Crippen LogP contribution in [-0.4, -0.2) is 108 Å². The number of hydrogen-bond acceptors (Lipinski definition) is 12. The number of nitrogens with one attached hydrogen (secondary N) is 1. The highest BCUT2D eigenvalue weighted by Gasteiger charge is 2.46. The first-order valence-electron chi connectivity index (χ1n) is 14.8. The standard InChI is InChI=1S/C32H39N7O7/c1-6-45-23-12-9-20(14-24(23)44-5)15-33-22(13-19-7-10-21(43-4)11-8-19)31(42)37-26-25(16-40)46-32(28(26)41)39-18-36-27-29(38(2)3)34-17-35-30(27)39/h7-12,14-15,17-18,22,25-26,28,32,40-41H,6,13,16H2,1-5H3,(H,37,42)/t22?,25-,26?,28-,32-/m1/s1. The molecule has 5 rings (SSSR count). The second-order valence-corrected chi connectivity index (χ2v) is 10.9. The van der Waals surface area contributed by atoms with Gasteiger partial charge < -0.3 is 39.4 Å². The highest BCUT2D eigenvalue weighted by molar-refractivity contribution is 5.88. The quantitative estimate of drug-likeness (QED) is 0.184. The fraction of sp³-hybridized carbons (Fsp3) is 0.406. The molecule has 14 nitrogen and oxygen atoms in total. The largest absolute Gasteiger partial charge is 0.497 e. The number of aliphatic hydroxyl groups excluding tert-OH is 2. The van der Waals surface area contributed by atoms with Crippen molar-refractivity contribution in [1.82, 2.24) is 24.8 Å². The zero-order chi connectivity index (χ0) is 32.8. The molecule has 3 heterocycles. The van der Waals surface area contributed by atoms with Crippen LogP contribution in [0.15, 0.2) is 60.1 Å². The van der Waals surface area contributed by atoms with Crippen LogP contribution in [0.1, 0.15) is 24.3 Å². The lowest BCUT2D eigenvalue weighted by Crippen LogP contribution is -2.51. The second-order valence-electron chi connectivity index (χ2n) is 10.9. The van der Waals surface area contributed by atoms with Crippen LogP contribution < -0.4 is 24.4 Å². The van der Waals surface area contributed by atoms with Gasteiger partial charge in [0.25, 0.3) is 0 Å². The molecule has 244 valence electrons. The molecule has 2 aromatic heterocycles. The Morgan fingerprint density at radius 2 is 1.91 bits per heavy atom. The van der Waals surface area contributed by atoms with Crippen LogP contribution in [0, 0.1) is 0 Å². The number of hydrogen-bond donors (Lipinski definition) is 3. The van der Waals surface area contributed by atoms with Crippen molar-refractivity contribution in [2.24, 2.45) is 4.99 Å². The third-order valence-electron chi connectivity index (χ3n) is 7.68. The van der Waals surface area contributed by atoms with Gasteiger partial charge in [-0.15, -0.1) is 0 Å². The minimum absolute atomic E-state index is 0.258. The predicted octanol–water partition coefficient (Wildman–Crippen LogP) is 1.77. The van der Waals surface area contributed by atoms with Crippen LogP contribution in [-0.2, 0) is 16.0 Å². The number of ether oxygens (including phenoxy) is 4. The Balaban J connectivity index is 1.40. The molecule has 4 aromatic rings. The molecule has 0 aliphatic carbocycles. The summed E-state index contributed by atoms with van der Waals surface area (Å²) in [5.41, 5.74) is 2.52. The Kier molecular flexibility index (Phi) is 10.3. The number of fused-ring (bicyclic) bond motifs is 1. The lowest BCUT2D eigenvalue weighted by atomic mass is 10.0. The molecule has 2 unspecified atom stereocenters. The highest BCUT2D eigenvalue weighted by Crippen LogP contribution is 2.33. The maximum Gasteiger partial charge on any atom is 0.245 e. The minimum atomic E-state index is -1.24. The summed E-state index contributed by atoms with van der Waals surface area (Å²) >= 11 is 0. The molecule has 0 radical (unpaired) electrons. The zero-order valence-corrected chi connectivity index (χ0v) is 26.4. The van der Waals surface area contributed by atoms with E-state index in [-0.39, 0.29) is 6.42 Å². The number of carbonyl (C=O) groups excluding carboxylic acids is 1. The van der Waals surface area contributed by atoms with Gasteiger partial charge in [0.05, 0.1) is 39.8 Å². The third kappa shape index (κ3) is 6.88. The molecular formula is C32H39N7O7.